The Morgan fingerprint density at radius 3 is 2.64 bits per heavy atom. The zero-order chi connectivity index (χ0) is 18.0. The molecule has 0 spiro atoms. The first-order valence-corrected chi connectivity index (χ1v) is 10.3. The van der Waals surface area contributed by atoms with Gasteiger partial charge in [0.05, 0.1) is 13.2 Å². The van der Waals surface area contributed by atoms with E-state index in [1.165, 1.54) is 10.4 Å². The molecule has 1 aliphatic rings. The second kappa shape index (κ2) is 7.25. The minimum Gasteiger partial charge on any atom is -0.379 e. The fraction of sp³-hybridized carbons (Fsp3) is 0.353. The zero-order valence-electron chi connectivity index (χ0n) is 14.1. The number of rotatable bonds is 4. The molecule has 8 heteroatoms. The monoisotopic (exact) mass is 380 g/mol. The van der Waals surface area contributed by atoms with E-state index >= 15 is 0 Å². The van der Waals surface area contributed by atoms with Gasteiger partial charge in [-0.3, -0.25) is 4.79 Å². The van der Waals surface area contributed by atoms with E-state index in [1.54, 1.807) is 5.38 Å². The van der Waals surface area contributed by atoms with Crippen molar-refractivity contribution in [1.82, 2.24) is 4.31 Å². The van der Waals surface area contributed by atoms with E-state index in [0.29, 0.717) is 32.0 Å². The second-order valence-corrected chi connectivity index (χ2v) is 8.73. The largest absolute Gasteiger partial charge is 0.379 e. The first-order valence-electron chi connectivity index (χ1n) is 7.93. The molecule has 0 aliphatic carbocycles. The number of thiophene rings is 1. The minimum atomic E-state index is -3.70. The van der Waals surface area contributed by atoms with Crippen LogP contribution in [0.15, 0.2) is 34.5 Å². The Labute approximate surface area is 151 Å². The van der Waals surface area contributed by atoms with Crippen LogP contribution in [0, 0.1) is 13.8 Å². The number of hydrogen-bond donors (Lipinski definition) is 1. The summed E-state index contributed by atoms with van der Waals surface area (Å²) in [5, 5.41) is 4.46. The number of hydrogen-bond acceptors (Lipinski definition) is 5. The van der Waals surface area contributed by atoms with Gasteiger partial charge in [0.2, 0.25) is 10.0 Å². The normalized spacial score (nSPS) is 15.9. The fourth-order valence-corrected chi connectivity index (χ4v) is 5.35. The lowest BCUT2D eigenvalue weighted by Crippen LogP contribution is -2.41. The van der Waals surface area contributed by atoms with Crippen molar-refractivity contribution >= 4 is 33.0 Å². The van der Waals surface area contributed by atoms with Gasteiger partial charge in [-0.1, -0.05) is 12.1 Å². The number of morpholine rings is 1. The Morgan fingerprint density at radius 1 is 1.20 bits per heavy atom. The molecule has 2 heterocycles. The van der Waals surface area contributed by atoms with Crippen molar-refractivity contribution in [3.05, 3.63) is 45.6 Å². The minimum absolute atomic E-state index is 0.0576. The van der Waals surface area contributed by atoms with Gasteiger partial charge in [-0.15, -0.1) is 11.3 Å². The second-order valence-electron chi connectivity index (χ2n) is 5.90. The SMILES string of the molecule is Cc1ccc(C)c(NC(=O)c2sccc2S(=O)(=O)N2CCOCC2)c1. The van der Waals surface area contributed by atoms with Crippen LogP contribution < -0.4 is 5.32 Å². The molecular weight excluding hydrogens is 360 g/mol. The van der Waals surface area contributed by atoms with E-state index in [9.17, 15) is 13.2 Å². The van der Waals surface area contributed by atoms with Crippen molar-refractivity contribution in [1.29, 1.82) is 0 Å². The van der Waals surface area contributed by atoms with E-state index in [1.807, 2.05) is 32.0 Å². The summed E-state index contributed by atoms with van der Waals surface area (Å²) in [6, 6.07) is 7.25. The van der Waals surface area contributed by atoms with Crippen LogP contribution >= 0.6 is 11.3 Å². The summed E-state index contributed by atoms with van der Waals surface area (Å²) in [5.74, 6) is -0.407. The van der Waals surface area contributed by atoms with Gasteiger partial charge >= 0.3 is 0 Å². The average molecular weight is 380 g/mol. The van der Waals surface area contributed by atoms with Gasteiger partial charge in [-0.05, 0) is 42.5 Å². The quantitative estimate of drug-likeness (QED) is 0.885. The number of nitrogens with one attached hydrogen (secondary N) is 1. The summed E-state index contributed by atoms with van der Waals surface area (Å²) in [6.07, 6.45) is 0. The number of benzene rings is 1. The number of aryl methyl sites for hydroxylation is 2. The zero-order valence-corrected chi connectivity index (χ0v) is 15.7. The summed E-state index contributed by atoms with van der Waals surface area (Å²) >= 11 is 1.13. The maximum Gasteiger partial charge on any atom is 0.267 e. The van der Waals surface area contributed by atoms with Gasteiger partial charge in [-0.25, -0.2) is 8.42 Å². The molecule has 1 saturated heterocycles. The molecule has 25 heavy (non-hydrogen) atoms. The Kier molecular flexibility index (Phi) is 5.24. The van der Waals surface area contributed by atoms with E-state index in [0.717, 1.165) is 22.5 Å². The van der Waals surface area contributed by atoms with Crippen LogP contribution in [0.25, 0.3) is 0 Å². The molecular formula is C17H20N2O4S2. The highest BCUT2D eigenvalue weighted by molar-refractivity contribution is 7.89. The summed E-state index contributed by atoms with van der Waals surface area (Å²) in [6.45, 7) is 5.18. The number of ether oxygens (including phenoxy) is 1. The first-order chi connectivity index (χ1) is 11.9. The summed E-state index contributed by atoms with van der Waals surface area (Å²) in [5.41, 5.74) is 2.63. The van der Waals surface area contributed by atoms with Gasteiger partial charge in [0, 0.05) is 18.8 Å². The van der Waals surface area contributed by atoms with Crippen LogP contribution in [0.1, 0.15) is 20.8 Å². The average Bonchev–Trinajstić information content (AvgIpc) is 3.09. The van der Waals surface area contributed by atoms with Crippen LogP contribution in [-0.2, 0) is 14.8 Å². The molecule has 0 bridgehead atoms. The molecule has 0 unspecified atom stereocenters. The van der Waals surface area contributed by atoms with Crippen molar-refractivity contribution in [3.63, 3.8) is 0 Å². The highest BCUT2D eigenvalue weighted by Gasteiger charge is 2.31. The highest BCUT2D eigenvalue weighted by Crippen LogP contribution is 2.27. The van der Waals surface area contributed by atoms with Crippen LogP contribution in [0.3, 0.4) is 0 Å². The first kappa shape index (κ1) is 18.1. The van der Waals surface area contributed by atoms with Crippen molar-refractivity contribution < 1.29 is 17.9 Å². The van der Waals surface area contributed by atoms with Crippen molar-refractivity contribution in [2.24, 2.45) is 0 Å². The molecule has 1 fully saturated rings. The molecule has 134 valence electrons. The molecule has 1 aromatic heterocycles. The lowest BCUT2D eigenvalue weighted by Gasteiger charge is -2.26. The van der Waals surface area contributed by atoms with E-state index in [2.05, 4.69) is 5.32 Å². The molecule has 2 aromatic rings. The summed E-state index contributed by atoms with van der Waals surface area (Å²) < 4.78 is 32.3. The predicted molar refractivity (Wildman–Crippen MR) is 97.8 cm³/mol. The molecule has 0 saturated carbocycles. The maximum absolute atomic E-state index is 12.8. The van der Waals surface area contributed by atoms with Gasteiger partial charge in [0.25, 0.3) is 5.91 Å². The van der Waals surface area contributed by atoms with Crippen LogP contribution in [0.2, 0.25) is 0 Å². The lowest BCUT2D eigenvalue weighted by atomic mass is 10.1. The molecule has 1 aliphatic heterocycles. The Morgan fingerprint density at radius 2 is 1.92 bits per heavy atom. The maximum atomic E-state index is 12.8. The number of anilines is 1. The van der Waals surface area contributed by atoms with Gasteiger partial charge in [-0.2, -0.15) is 4.31 Å². The van der Waals surface area contributed by atoms with Crippen LogP contribution in [0.5, 0.6) is 0 Å². The van der Waals surface area contributed by atoms with E-state index < -0.39 is 15.9 Å². The number of amides is 1. The van der Waals surface area contributed by atoms with Gasteiger partial charge in [0.1, 0.15) is 9.77 Å². The molecule has 1 N–H and O–H groups in total. The molecule has 0 radical (unpaired) electrons. The van der Waals surface area contributed by atoms with Gasteiger partial charge < -0.3 is 10.1 Å². The van der Waals surface area contributed by atoms with Crippen LogP contribution in [-0.4, -0.2) is 44.9 Å². The van der Waals surface area contributed by atoms with Crippen molar-refractivity contribution in [3.8, 4) is 0 Å². The third-order valence-corrected chi connectivity index (χ3v) is 7.05. The summed E-state index contributed by atoms with van der Waals surface area (Å²) in [7, 11) is -3.70. The van der Waals surface area contributed by atoms with Gasteiger partial charge in [0.15, 0.2) is 0 Å². The smallest absolute Gasteiger partial charge is 0.267 e. The molecule has 0 atom stereocenters. The van der Waals surface area contributed by atoms with Crippen molar-refractivity contribution in [2.45, 2.75) is 18.7 Å². The summed E-state index contributed by atoms with van der Waals surface area (Å²) in [4.78, 5) is 12.9. The molecule has 6 nitrogen and oxygen atoms in total. The lowest BCUT2D eigenvalue weighted by molar-refractivity contribution is 0.0730. The van der Waals surface area contributed by atoms with E-state index in [4.69, 9.17) is 4.74 Å². The third kappa shape index (κ3) is 3.77. The standard InChI is InChI=1S/C17H20N2O4S2/c1-12-3-4-13(2)14(11-12)18-17(20)16-15(5-10-24-16)25(21,22)19-6-8-23-9-7-19/h3-5,10-11H,6-9H2,1-2H3,(H,18,20). The highest BCUT2D eigenvalue weighted by atomic mass is 32.2. The number of carbonyl (C=O) groups is 1. The molecule has 1 amide bonds. The predicted octanol–water partition coefficient (Wildman–Crippen LogP) is 2.64. The molecule has 3 rings (SSSR count). The Balaban J connectivity index is 1.88. The van der Waals surface area contributed by atoms with Crippen molar-refractivity contribution in [2.75, 3.05) is 31.6 Å². The number of sulfonamides is 1. The Bertz CT molecular complexity index is 884. The van der Waals surface area contributed by atoms with E-state index in [-0.39, 0.29) is 9.77 Å². The topological polar surface area (TPSA) is 75.7 Å². The third-order valence-electron chi connectivity index (χ3n) is 4.06. The Hall–Kier alpha value is -1.74. The van der Waals surface area contributed by atoms with Crippen LogP contribution in [0.4, 0.5) is 5.69 Å². The number of carbonyl (C=O) groups excluding carboxylic acids is 1. The number of nitrogens with zero attached hydrogens (tertiary/aromatic N) is 1. The molecule has 1 aromatic carbocycles. The fourth-order valence-electron chi connectivity index (χ4n) is 2.64.